The second-order valence-electron chi connectivity index (χ2n) is 5.35. The molecule has 0 unspecified atom stereocenters. The monoisotopic (exact) mass is 345 g/mol. The lowest BCUT2D eigenvalue weighted by molar-refractivity contribution is -0.121. The van der Waals surface area contributed by atoms with Gasteiger partial charge in [-0.2, -0.15) is 0 Å². The lowest BCUT2D eigenvalue weighted by Crippen LogP contribution is -2.26. The second kappa shape index (κ2) is 9.08. The van der Waals surface area contributed by atoms with Gasteiger partial charge in [0.1, 0.15) is 5.75 Å². The van der Waals surface area contributed by atoms with Gasteiger partial charge >= 0.3 is 0 Å². The number of Topliss-reactive ketones (excluding diaryl/α,β-unsaturated/α-hetero) is 1. The maximum atomic E-state index is 12.0. The van der Waals surface area contributed by atoms with Gasteiger partial charge in [-0.15, -0.1) is 0 Å². The zero-order chi connectivity index (χ0) is 17.4. The average molecular weight is 346 g/mol. The number of ketones is 1. The van der Waals surface area contributed by atoms with Crippen LogP contribution in [0.3, 0.4) is 0 Å². The van der Waals surface area contributed by atoms with Crippen LogP contribution in [0.2, 0.25) is 5.02 Å². The van der Waals surface area contributed by atoms with E-state index < -0.39 is 0 Å². The van der Waals surface area contributed by atoms with Crippen molar-refractivity contribution < 1.29 is 14.3 Å². The van der Waals surface area contributed by atoms with Gasteiger partial charge in [-0.25, -0.2) is 0 Å². The Morgan fingerprint density at radius 2 is 1.88 bits per heavy atom. The van der Waals surface area contributed by atoms with Gasteiger partial charge in [-0.1, -0.05) is 41.9 Å². The number of methoxy groups -OCH3 is 1. The van der Waals surface area contributed by atoms with E-state index >= 15 is 0 Å². The summed E-state index contributed by atoms with van der Waals surface area (Å²) in [7, 11) is 1.62. The van der Waals surface area contributed by atoms with E-state index in [4.69, 9.17) is 16.3 Å². The smallest absolute Gasteiger partial charge is 0.220 e. The Balaban J connectivity index is 1.74. The molecule has 0 atom stereocenters. The molecule has 0 radical (unpaired) electrons. The fourth-order valence-corrected chi connectivity index (χ4v) is 2.56. The molecule has 0 heterocycles. The molecule has 5 heteroatoms. The average Bonchev–Trinajstić information content (AvgIpc) is 2.60. The van der Waals surface area contributed by atoms with Crippen molar-refractivity contribution >= 4 is 23.3 Å². The summed E-state index contributed by atoms with van der Waals surface area (Å²) in [5, 5.41) is 3.34. The molecule has 2 rings (SSSR count). The molecule has 0 saturated carbocycles. The van der Waals surface area contributed by atoms with Crippen molar-refractivity contribution in [3.05, 3.63) is 64.7 Å². The SMILES string of the molecule is COc1ccccc1CCNC(=O)CCC(=O)c1cccc(Cl)c1. The van der Waals surface area contributed by atoms with E-state index in [0.29, 0.717) is 23.6 Å². The van der Waals surface area contributed by atoms with E-state index in [0.717, 1.165) is 11.3 Å². The quantitative estimate of drug-likeness (QED) is 0.743. The van der Waals surface area contributed by atoms with Crippen molar-refractivity contribution in [3.63, 3.8) is 0 Å². The molecule has 2 aromatic rings. The Morgan fingerprint density at radius 3 is 2.62 bits per heavy atom. The van der Waals surface area contributed by atoms with Gasteiger partial charge in [-0.3, -0.25) is 9.59 Å². The van der Waals surface area contributed by atoms with E-state index in [1.54, 1.807) is 31.4 Å². The highest BCUT2D eigenvalue weighted by atomic mass is 35.5. The van der Waals surface area contributed by atoms with Crippen LogP contribution in [0.1, 0.15) is 28.8 Å². The summed E-state index contributed by atoms with van der Waals surface area (Å²) in [5.74, 6) is 0.584. The number of halogens is 1. The number of rotatable bonds is 8. The topological polar surface area (TPSA) is 55.4 Å². The van der Waals surface area contributed by atoms with Gasteiger partial charge in [0.2, 0.25) is 5.91 Å². The third-order valence-electron chi connectivity index (χ3n) is 3.63. The number of carbonyl (C=O) groups is 2. The Bertz CT molecular complexity index is 715. The maximum Gasteiger partial charge on any atom is 0.220 e. The lowest BCUT2D eigenvalue weighted by Gasteiger charge is -2.09. The highest BCUT2D eigenvalue weighted by Crippen LogP contribution is 2.17. The van der Waals surface area contributed by atoms with E-state index in [9.17, 15) is 9.59 Å². The molecule has 126 valence electrons. The molecule has 2 aromatic carbocycles. The minimum Gasteiger partial charge on any atom is -0.496 e. The molecular weight excluding hydrogens is 326 g/mol. The molecule has 1 amide bonds. The van der Waals surface area contributed by atoms with Crippen LogP contribution in [0.25, 0.3) is 0 Å². The van der Waals surface area contributed by atoms with Gasteiger partial charge < -0.3 is 10.1 Å². The van der Waals surface area contributed by atoms with Crippen molar-refractivity contribution in [2.45, 2.75) is 19.3 Å². The lowest BCUT2D eigenvalue weighted by atomic mass is 10.1. The van der Waals surface area contributed by atoms with Gasteiger partial charge in [0.15, 0.2) is 5.78 Å². The highest BCUT2D eigenvalue weighted by Gasteiger charge is 2.10. The summed E-state index contributed by atoms with van der Waals surface area (Å²) < 4.78 is 5.27. The molecule has 0 aromatic heterocycles. The first-order chi connectivity index (χ1) is 11.6. The van der Waals surface area contributed by atoms with Crippen molar-refractivity contribution in [1.82, 2.24) is 5.32 Å². The van der Waals surface area contributed by atoms with Gasteiger partial charge in [-0.05, 0) is 30.2 Å². The minimum absolute atomic E-state index is 0.0858. The Kier molecular flexibility index (Phi) is 6.82. The zero-order valence-corrected chi connectivity index (χ0v) is 14.3. The van der Waals surface area contributed by atoms with Gasteiger partial charge in [0.25, 0.3) is 0 Å². The Morgan fingerprint density at radius 1 is 1.08 bits per heavy atom. The number of ether oxygens (including phenoxy) is 1. The fourth-order valence-electron chi connectivity index (χ4n) is 2.37. The third kappa shape index (κ3) is 5.39. The molecule has 0 aliphatic rings. The van der Waals surface area contributed by atoms with Crippen LogP contribution in [0.4, 0.5) is 0 Å². The maximum absolute atomic E-state index is 12.0. The Labute approximate surface area is 146 Å². The molecule has 0 fully saturated rings. The largest absolute Gasteiger partial charge is 0.496 e. The molecule has 0 bridgehead atoms. The van der Waals surface area contributed by atoms with E-state index in [1.165, 1.54) is 0 Å². The van der Waals surface area contributed by atoms with Crippen LogP contribution in [-0.2, 0) is 11.2 Å². The van der Waals surface area contributed by atoms with E-state index in [-0.39, 0.29) is 24.5 Å². The zero-order valence-electron chi connectivity index (χ0n) is 13.5. The van der Waals surface area contributed by atoms with Crippen molar-refractivity contribution in [2.24, 2.45) is 0 Å². The van der Waals surface area contributed by atoms with Crippen LogP contribution in [0.15, 0.2) is 48.5 Å². The second-order valence-corrected chi connectivity index (χ2v) is 5.78. The summed E-state index contributed by atoms with van der Waals surface area (Å²) in [6, 6.07) is 14.4. The standard InChI is InChI=1S/C19H20ClNO3/c1-24-18-8-3-2-5-14(18)11-12-21-19(23)10-9-17(22)15-6-4-7-16(20)13-15/h2-8,13H,9-12H2,1H3,(H,21,23). The number of nitrogens with one attached hydrogen (secondary N) is 1. The highest BCUT2D eigenvalue weighted by molar-refractivity contribution is 6.31. The molecule has 0 aliphatic carbocycles. The van der Waals surface area contributed by atoms with Crippen LogP contribution < -0.4 is 10.1 Å². The number of benzene rings is 2. The molecular formula is C19H20ClNO3. The van der Waals surface area contributed by atoms with Gasteiger partial charge in [0.05, 0.1) is 7.11 Å². The summed E-state index contributed by atoms with van der Waals surface area (Å²) in [6.45, 7) is 0.505. The van der Waals surface area contributed by atoms with Crippen LogP contribution in [-0.4, -0.2) is 25.3 Å². The fraction of sp³-hybridized carbons (Fsp3) is 0.263. The predicted molar refractivity (Wildman–Crippen MR) is 94.7 cm³/mol. The number of para-hydroxylation sites is 1. The van der Waals surface area contributed by atoms with Crippen molar-refractivity contribution in [3.8, 4) is 5.75 Å². The van der Waals surface area contributed by atoms with Crippen LogP contribution in [0.5, 0.6) is 5.75 Å². The summed E-state index contributed by atoms with van der Waals surface area (Å²) in [5.41, 5.74) is 1.57. The molecule has 4 nitrogen and oxygen atoms in total. The first-order valence-corrected chi connectivity index (χ1v) is 8.15. The van der Waals surface area contributed by atoms with E-state index in [2.05, 4.69) is 5.32 Å². The number of hydrogen-bond acceptors (Lipinski definition) is 3. The number of carbonyl (C=O) groups excluding carboxylic acids is 2. The summed E-state index contributed by atoms with van der Waals surface area (Å²) >= 11 is 5.86. The first kappa shape index (κ1) is 18.0. The molecule has 0 aliphatic heterocycles. The minimum atomic E-state index is -0.139. The number of amides is 1. The molecule has 24 heavy (non-hydrogen) atoms. The van der Waals surface area contributed by atoms with Gasteiger partial charge in [0, 0.05) is 30.0 Å². The normalized spacial score (nSPS) is 10.2. The summed E-state index contributed by atoms with van der Waals surface area (Å²) in [4.78, 5) is 23.9. The molecule has 0 spiro atoms. The predicted octanol–water partition coefficient (Wildman–Crippen LogP) is 3.67. The van der Waals surface area contributed by atoms with Crippen LogP contribution in [0, 0.1) is 0 Å². The van der Waals surface area contributed by atoms with Crippen LogP contribution >= 0.6 is 11.6 Å². The van der Waals surface area contributed by atoms with Crippen molar-refractivity contribution in [2.75, 3.05) is 13.7 Å². The number of hydrogen-bond donors (Lipinski definition) is 1. The first-order valence-electron chi connectivity index (χ1n) is 7.77. The molecule has 1 N–H and O–H groups in total. The van der Waals surface area contributed by atoms with E-state index in [1.807, 2.05) is 24.3 Å². The molecule has 0 saturated heterocycles. The third-order valence-corrected chi connectivity index (χ3v) is 3.87. The summed E-state index contributed by atoms with van der Waals surface area (Å²) in [6.07, 6.45) is 1.01. The van der Waals surface area contributed by atoms with Crippen molar-refractivity contribution in [1.29, 1.82) is 0 Å². The Hall–Kier alpha value is -2.33.